The fourth-order valence-electron chi connectivity index (χ4n) is 10.6. The van der Waals surface area contributed by atoms with Crippen molar-refractivity contribution in [1.82, 2.24) is 71.7 Å². The molecule has 0 spiro atoms. The van der Waals surface area contributed by atoms with Crippen molar-refractivity contribution in [3.05, 3.63) is 112 Å². The summed E-state index contributed by atoms with van der Waals surface area (Å²) >= 11 is 7.29. The number of hydrogen-bond acceptors (Lipinski definition) is 23. The average molecular weight is 1320 g/mol. The second kappa shape index (κ2) is 28.0. The van der Waals surface area contributed by atoms with Gasteiger partial charge in [0.25, 0.3) is 17.7 Å². The van der Waals surface area contributed by atoms with Gasteiger partial charge in [0, 0.05) is 84.9 Å². The number of carbonyl (C=O) groups is 7. The van der Waals surface area contributed by atoms with Gasteiger partial charge in [-0.25, -0.2) is 34.9 Å². The first-order valence-electron chi connectivity index (χ1n) is 28.8. The molecule has 1 saturated carbocycles. The van der Waals surface area contributed by atoms with Crippen LogP contribution in [-0.4, -0.2) is 133 Å². The van der Waals surface area contributed by atoms with E-state index in [2.05, 4.69) is 37.2 Å². The van der Waals surface area contributed by atoms with Crippen LogP contribution >= 0.6 is 68.0 Å². The van der Waals surface area contributed by atoms with Crippen LogP contribution in [0.4, 0.5) is 5.82 Å². The highest BCUT2D eigenvalue weighted by atomic mass is 32.1. The molecule has 0 unspecified atom stereocenters. The second-order valence-electron chi connectivity index (χ2n) is 21.8. The quantitative estimate of drug-likeness (QED) is 0.0622. The predicted octanol–water partition coefficient (Wildman–Crippen LogP) is 7.49. The highest BCUT2D eigenvalue weighted by Crippen LogP contribution is 2.42. The first kappa shape index (κ1) is 62.9. The van der Waals surface area contributed by atoms with Gasteiger partial charge in [0.15, 0.2) is 0 Å². The maximum Gasteiger partial charge on any atom is 0.271 e. The van der Waals surface area contributed by atoms with Crippen molar-refractivity contribution in [3.63, 3.8) is 0 Å². The number of amides is 7. The van der Waals surface area contributed by atoms with Gasteiger partial charge < -0.3 is 52.0 Å². The van der Waals surface area contributed by atoms with Gasteiger partial charge in [0.05, 0.1) is 52.8 Å². The first-order chi connectivity index (χ1) is 43.0. The van der Waals surface area contributed by atoms with Crippen LogP contribution in [0.1, 0.15) is 132 Å². The molecule has 89 heavy (non-hydrogen) atoms. The van der Waals surface area contributed by atoms with E-state index in [1.807, 2.05) is 30.9 Å². The highest BCUT2D eigenvalue weighted by molar-refractivity contribution is 7.19. The molecule has 10 bridgehead atoms. The van der Waals surface area contributed by atoms with Crippen LogP contribution in [0.3, 0.4) is 0 Å². The third kappa shape index (κ3) is 14.3. The van der Waals surface area contributed by atoms with Gasteiger partial charge in [0.2, 0.25) is 23.6 Å². The lowest BCUT2D eigenvalue weighted by Crippen LogP contribution is -2.49. The number of carbonyl (C=O) groups excluding carboxylic acids is 7. The predicted molar refractivity (Wildman–Crippen MR) is 340 cm³/mol. The Morgan fingerprint density at radius 1 is 0.719 bits per heavy atom. The van der Waals surface area contributed by atoms with Crippen molar-refractivity contribution in [2.75, 3.05) is 52.2 Å². The molecule has 0 radical (unpaired) electrons. The molecule has 1 aromatic carbocycles. The van der Waals surface area contributed by atoms with E-state index in [0.29, 0.717) is 117 Å². The number of ether oxygens (including phenoxy) is 1. The van der Waals surface area contributed by atoms with Crippen LogP contribution in [0.5, 0.6) is 0 Å². The summed E-state index contributed by atoms with van der Waals surface area (Å²) in [4.78, 5) is 134. The van der Waals surface area contributed by atoms with Gasteiger partial charge >= 0.3 is 0 Å². The number of aryl methyl sites for hydroxylation is 1. The van der Waals surface area contributed by atoms with E-state index >= 15 is 0 Å². The fraction of sp³-hybridized carbons (Fsp3) is 0.390. The second-order valence-corrected chi connectivity index (χ2v) is 27.8. The van der Waals surface area contributed by atoms with E-state index in [9.17, 15) is 38.7 Å². The Balaban J connectivity index is 0.932. The number of aliphatic hydroxyl groups excluding tert-OH is 1. The molecule has 464 valence electrons. The van der Waals surface area contributed by atoms with Gasteiger partial charge in [-0.3, -0.25) is 33.6 Å². The van der Waals surface area contributed by atoms with Gasteiger partial charge in [-0.15, -0.1) is 68.0 Å². The molecule has 2 fully saturated rings. The summed E-state index contributed by atoms with van der Waals surface area (Å²) in [5.41, 5.74) is 2.52. The Hall–Kier alpha value is -7.68. The maximum absolute atomic E-state index is 14.4. The monoisotopic (exact) mass is 1320 g/mol. The lowest BCUT2D eigenvalue weighted by atomic mass is 9.81. The first-order valence-corrected chi connectivity index (χ1v) is 33.8. The normalized spacial score (nSPS) is 19.8. The van der Waals surface area contributed by atoms with Crippen molar-refractivity contribution in [2.45, 2.75) is 83.7 Å². The number of nitrogens with zero attached hydrogens (tertiary/aromatic N) is 8. The van der Waals surface area contributed by atoms with E-state index in [4.69, 9.17) is 39.6 Å². The van der Waals surface area contributed by atoms with E-state index in [1.54, 1.807) is 59.6 Å². The van der Waals surface area contributed by atoms with Crippen molar-refractivity contribution in [3.8, 4) is 42.5 Å². The number of benzene rings is 1. The number of piperazine rings is 1. The van der Waals surface area contributed by atoms with Crippen LogP contribution < -0.4 is 37.2 Å². The molecule has 7 aromatic heterocycles. The maximum atomic E-state index is 14.4. The van der Waals surface area contributed by atoms with Crippen molar-refractivity contribution < 1.29 is 43.4 Å². The minimum atomic E-state index is -1.27. The van der Waals surface area contributed by atoms with Crippen molar-refractivity contribution in [1.29, 1.82) is 0 Å². The number of rotatable bonds is 11. The largest absolute Gasteiger partial charge is 0.386 e. The zero-order valence-electron chi connectivity index (χ0n) is 48.9. The van der Waals surface area contributed by atoms with Crippen molar-refractivity contribution in [2.24, 2.45) is 17.8 Å². The number of methoxy groups -OCH3 is 1. The molecule has 7 amide bonds. The van der Waals surface area contributed by atoms with E-state index in [1.165, 1.54) is 70.8 Å². The summed E-state index contributed by atoms with van der Waals surface area (Å²) in [6.45, 7) is 7.94. The topological polar surface area (TPSA) is 327 Å². The molecule has 9 heterocycles. The van der Waals surface area contributed by atoms with Crippen LogP contribution in [-0.2, 0) is 30.5 Å². The average Bonchev–Trinajstić information content (AvgIpc) is 2.17. The molecule has 3 aliphatic rings. The number of hydrogen-bond donors (Lipinski definition) is 8. The minimum Gasteiger partial charge on any atom is -0.386 e. The lowest BCUT2D eigenvalue weighted by Gasteiger charge is -2.33. The summed E-state index contributed by atoms with van der Waals surface area (Å²) in [5.74, 6) is -3.06. The number of aliphatic hydroxyl groups is 1. The van der Waals surface area contributed by atoms with Crippen LogP contribution in [0.2, 0.25) is 0 Å². The SMILES string of the molecule is CNC(=O)C[C@@H]1NC(=O)c2csc(n2)-c2ccc(-c3nc(NC(=O)C4CCC(C(=O)N5CCNCC5)CC4)cs3)nc2-c2cnc(s2)-c2csc(n2)[C@H]([C@@H](O)c2ccccc2)NC(=O)CNC(=O)c2nc(sc2COC)[C@H](C(C)C)NC(=O)c2nc1sc2C. The molecule has 4 atom stereocenters. The Bertz CT molecular complexity index is 3920. The molecule has 30 heteroatoms. The number of fused-ring (bicyclic) bond motifs is 14. The van der Waals surface area contributed by atoms with Crippen LogP contribution in [0.25, 0.3) is 42.5 Å². The number of aromatic nitrogens is 7. The Labute approximate surface area is 535 Å². The van der Waals surface area contributed by atoms with Crippen molar-refractivity contribution >= 4 is 115 Å². The summed E-state index contributed by atoms with van der Waals surface area (Å²) in [5, 5.41) is 40.0. The molecular formula is C59H63N15O9S6. The number of nitrogens with one attached hydrogen (secondary N) is 7. The summed E-state index contributed by atoms with van der Waals surface area (Å²) in [7, 11) is 2.95. The third-order valence-electron chi connectivity index (χ3n) is 15.4. The molecule has 8 N–H and O–H groups in total. The lowest BCUT2D eigenvalue weighted by molar-refractivity contribution is -0.138. The van der Waals surface area contributed by atoms with Gasteiger partial charge in [-0.1, -0.05) is 44.2 Å². The molecule has 1 aliphatic carbocycles. The fourth-order valence-corrected chi connectivity index (χ4v) is 16.2. The summed E-state index contributed by atoms with van der Waals surface area (Å²) in [6.07, 6.45) is 2.65. The zero-order valence-corrected chi connectivity index (χ0v) is 53.8. The highest BCUT2D eigenvalue weighted by Gasteiger charge is 2.35. The Morgan fingerprint density at radius 2 is 1.46 bits per heavy atom. The van der Waals surface area contributed by atoms with Gasteiger partial charge in [0.1, 0.15) is 70.8 Å². The van der Waals surface area contributed by atoms with E-state index in [-0.39, 0.29) is 59.7 Å². The van der Waals surface area contributed by atoms with Gasteiger partial charge in [-0.05, 0) is 56.2 Å². The molecule has 1 saturated heterocycles. The van der Waals surface area contributed by atoms with E-state index in [0.717, 1.165) is 24.4 Å². The summed E-state index contributed by atoms with van der Waals surface area (Å²) < 4.78 is 5.46. The van der Waals surface area contributed by atoms with Crippen LogP contribution in [0, 0.1) is 24.7 Å². The molecule has 2 aliphatic heterocycles. The standard InChI is InChI=1S/C59H63N15O9S6/c1-28(2)43-58-73-46(39(89-58)24-83-5)51(80)62-23-42(76)70-47(48(77)30-9-7-6-8-10-30)57-67-37(26-85-57)54-63-22-38(88-54)45-33(53-66-36(25-84-53)50(79)65-35(21-41(75)60-4)56-72-44(29(3)87-56)52(81)71-43)15-16-34(64-45)55-69-40(27-86-55)68-49(78)31-11-13-32(14-12-31)59(82)74-19-17-61-18-20-74/h6-10,15-16,22,25-28,31-32,35,43,47-48,61,77H,11-14,17-21,23-24H2,1-5H3,(H,60,75)(H,62,80)(H,65,79)(H,68,78)(H,70,76)(H,71,81)/t31?,32?,35-,43-,47-,48-/m0/s1. The van der Waals surface area contributed by atoms with Gasteiger partial charge in [-0.2, -0.15) is 0 Å². The number of thiazole rings is 6. The van der Waals surface area contributed by atoms with E-state index < -0.39 is 60.3 Å². The third-order valence-corrected chi connectivity index (χ3v) is 21.3. The Kier molecular flexibility index (Phi) is 19.8. The zero-order chi connectivity index (χ0) is 62.5. The Morgan fingerprint density at radius 3 is 2.21 bits per heavy atom. The smallest absolute Gasteiger partial charge is 0.271 e. The minimum absolute atomic E-state index is 0.00195. The number of pyridine rings is 1. The number of anilines is 1. The summed E-state index contributed by atoms with van der Waals surface area (Å²) in [6, 6.07) is 9.64. The molecule has 24 nitrogen and oxygen atoms in total. The molecule has 8 aromatic rings. The van der Waals surface area contributed by atoms with Crippen LogP contribution in [0.15, 0.2) is 64.8 Å². The molecular weight excluding hydrogens is 1260 g/mol. The molecule has 11 rings (SSSR count).